The zero-order valence-electron chi connectivity index (χ0n) is 18.3. The molecule has 2 N–H and O–H groups in total. The van der Waals surface area contributed by atoms with Gasteiger partial charge in [0, 0.05) is 22.8 Å². The Morgan fingerprint density at radius 1 is 1.18 bits per heavy atom. The van der Waals surface area contributed by atoms with E-state index in [0.717, 1.165) is 11.3 Å². The first-order valence-electron chi connectivity index (χ1n) is 10.3. The van der Waals surface area contributed by atoms with Gasteiger partial charge < -0.3 is 10.1 Å². The van der Waals surface area contributed by atoms with Gasteiger partial charge in [-0.3, -0.25) is 14.5 Å². The normalized spacial score (nSPS) is 14.1. The highest BCUT2D eigenvalue weighted by Gasteiger charge is 2.37. The summed E-state index contributed by atoms with van der Waals surface area (Å²) in [4.78, 5) is 21.2. The molecule has 3 aromatic rings. The van der Waals surface area contributed by atoms with Crippen LogP contribution in [0.4, 0.5) is 19.6 Å². The Kier molecular flexibility index (Phi) is 6.54. The number of sulfonamides is 1. The maximum Gasteiger partial charge on any atom is 0.387 e. The zero-order valence-corrected chi connectivity index (χ0v) is 19.9. The van der Waals surface area contributed by atoms with Crippen molar-refractivity contribution in [2.45, 2.75) is 44.0 Å². The Balaban J connectivity index is 1.43. The highest BCUT2D eigenvalue weighted by Crippen LogP contribution is 2.33. The maximum absolute atomic E-state index is 13.0. The number of nitrogens with one attached hydrogen (secondary N) is 2. The summed E-state index contributed by atoms with van der Waals surface area (Å²) in [6, 6.07) is 8.26. The number of carbonyl (C=O) groups excluding carboxylic acids is 1. The van der Waals surface area contributed by atoms with E-state index in [1.165, 1.54) is 18.5 Å². The van der Waals surface area contributed by atoms with Crippen molar-refractivity contribution >= 4 is 38.1 Å². The van der Waals surface area contributed by atoms with Crippen molar-refractivity contribution in [3.63, 3.8) is 0 Å². The molecule has 0 saturated heterocycles. The lowest BCUT2D eigenvalue weighted by molar-refractivity contribution is -0.120. The Morgan fingerprint density at radius 2 is 1.88 bits per heavy atom. The van der Waals surface area contributed by atoms with E-state index in [0.29, 0.717) is 35.3 Å². The molecule has 180 valence electrons. The average molecular weight is 509 g/mol. The highest BCUT2D eigenvalue weighted by molar-refractivity contribution is 7.93. The number of halogens is 2. The largest absolute Gasteiger partial charge is 0.433 e. The number of benzene rings is 1. The van der Waals surface area contributed by atoms with Gasteiger partial charge in [-0.1, -0.05) is 12.1 Å². The van der Waals surface area contributed by atoms with E-state index in [1.54, 1.807) is 43.5 Å². The van der Waals surface area contributed by atoms with Gasteiger partial charge in [-0.25, -0.2) is 13.4 Å². The van der Waals surface area contributed by atoms with Crippen LogP contribution in [0.25, 0.3) is 11.1 Å². The molecular weight excluding hydrogens is 486 g/mol. The first kappa shape index (κ1) is 24.0. The van der Waals surface area contributed by atoms with E-state index in [2.05, 4.69) is 24.7 Å². The first-order chi connectivity index (χ1) is 16.0. The molecule has 0 radical (unpaired) electrons. The molecular formula is C22H22F2N4O4S2. The van der Waals surface area contributed by atoms with Crippen LogP contribution in [-0.2, 0) is 20.2 Å². The Morgan fingerprint density at radius 3 is 2.53 bits per heavy atom. The van der Waals surface area contributed by atoms with E-state index >= 15 is 0 Å². The minimum Gasteiger partial charge on any atom is -0.433 e. The molecule has 1 amide bonds. The van der Waals surface area contributed by atoms with Crippen molar-refractivity contribution in [1.29, 1.82) is 0 Å². The molecule has 0 bridgehead atoms. The number of alkyl halides is 2. The quantitative estimate of drug-likeness (QED) is 0.436. The number of carbonyl (C=O) groups is 1. The van der Waals surface area contributed by atoms with Crippen LogP contribution in [0.15, 0.2) is 48.1 Å². The van der Waals surface area contributed by atoms with Crippen molar-refractivity contribution in [2.75, 3.05) is 10.0 Å². The molecule has 1 aliphatic rings. The predicted octanol–water partition coefficient (Wildman–Crippen LogP) is 4.63. The lowest BCUT2D eigenvalue weighted by Gasteiger charge is -2.21. The average Bonchev–Trinajstić information content (AvgIpc) is 3.54. The summed E-state index contributed by atoms with van der Waals surface area (Å²) in [5.74, 6) is -0.371. The van der Waals surface area contributed by atoms with Crippen LogP contribution in [-0.4, -0.2) is 36.2 Å². The molecule has 1 fully saturated rings. The minimum absolute atomic E-state index is 0.0475. The van der Waals surface area contributed by atoms with Gasteiger partial charge in [0.2, 0.25) is 15.9 Å². The summed E-state index contributed by atoms with van der Waals surface area (Å²) in [6.07, 6.45) is 4.01. The topological polar surface area (TPSA) is 110 Å². The van der Waals surface area contributed by atoms with Crippen molar-refractivity contribution in [1.82, 2.24) is 9.97 Å². The van der Waals surface area contributed by atoms with Crippen LogP contribution in [0, 0.1) is 0 Å². The van der Waals surface area contributed by atoms with Crippen LogP contribution in [0.3, 0.4) is 0 Å². The molecule has 1 saturated carbocycles. The van der Waals surface area contributed by atoms with E-state index in [-0.39, 0.29) is 22.0 Å². The number of aromatic nitrogens is 2. The van der Waals surface area contributed by atoms with Gasteiger partial charge in [0.1, 0.15) is 5.75 Å². The van der Waals surface area contributed by atoms with Gasteiger partial charge in [0.15, 0.2) is 5.13 Å². The third-order valence-electron chi connectivity index (χ3n) is 5.32. The third kappa shape index (κ3) is 5.50. The minimum atomic E-state index is -3.43. The number of hydrogen-bond acceptors (Lipinski definition) is 7. The van der Waals surface area contributed by atoms with Gasteiger partial charge in [-0.15, -0.1) is 11.3 Å². The van der Waals surface area contributed by atoms with E-state index in [4.69, 9.17) is 0 Å². The number of amides is 1. The van der Waals surface area contributed by atoms with Crippen molar-refractivity contribution < 1.29 is 26.7 Å². The number of nitrogens with zero attached hydrogens (tertiary/aromatic N) is 2. The molecule has 2 heterocycles. The van der Waals surface area contributed by atoms with Crippen molar-refractivity contribution in [2.24, 2.45) is 0 Å². The van der Waals surface area contributed by atoms with Gasteiger partial charge in [-0.2, -0.15) is 8.78 Å². The standard InChI is InChI=1S/C22H22F2N4O4S2/c1-22(2,18-12-33-21(27-18)28-34(30,31)17-7-8-17)19(29)26-15-5-3-13(4-6-15)14-9-16(11-25-10-14)32-20(23)24/h3-6,9-12,17,20H,7-8H2,1-2H3,(H,26,29)(H,27,28). The fourth-order valence-electron chi connectivity index (χ4n) is 3.08. The highest BCUT2D eigenvalue weighted by atomic mass is 32.2. The first-order valence-corrected chi connectivity index (χ1v) is 12.8. The number of pyridine rings is 1. The monoisotopic (exact) mass is 508 g/mol. The second kappa shape index (κ2) is 9.26. The Labute approximate surface area is 199 Å². The molecule has 2 aromatic heterocycles. The Bertz CT molecular complexity index is 1290. The van der Waals surface area contributed by atoms with Gasteiger partial charge in [-0.05, 0) is 50.5 Å². The van der Waals surface area contributed by atoms with Crippen LogP contribution < -0.4 is 14.8 Å². The predicted molar refractivity (Wildman–Crippen MR) is 126 cm³/mol. The number of thiazole rings is 1. The lowest BCUT2D eigenvalue weighted by Crippen LogP contribution is -2.35. The molecule has 0 aliphatic heterocycles. The van der Waals surface area contributed by atoms with Crippen molar-refractivity contribution in [3.8, 4) is 16.9 Å². The summed E-state index contributed by atoms with van der Waals surface area (Å²) in [7, 11) is -3.43. The van der Waals surface area contributed by atoms with Crippen LogP contribution in [0.2, 0.25) is 0 Å². The maximum atomic E-state index is 13.0. The fourth-order valence-corrected chi connectivity index (χ4v) is 5.56. The molecule has 0 spiro atoms. The van der Waals surface area contributed by atoms with Gasteiger partial charge in [0.25, 0.3) is 0 Å². The summed E-state index contributed by atoms with van der Waals surface area (Å²) >= 11 is 1.13. The number of hydrogen-bond donors (Lipinski definition) is 2. The molecule has 34 heavy (non-hydrogen) atoms. The van der Waals surface area contributed by atoms with Crippen LogP contribution in [0.1, 0.15) is 32.4 Å². The summed E-state index contributed by atoms with van der Waals surface area (Å²) in [5.41, 5.74) is 1.24. The summed E-state index contributed by atoms with van der Waals surface area (Å²) < 4.78 is 56.0. The van der Waals surface area contributed by atoms with E-state index in [1.807, 2.05) is 0 Å². The van der Waals surface area contributed by atoms with Gasteiger partial charge in [0.05, 0.1) is 22.6 Å². The Hall–Kier alpha value is -3.12. The fraction of sp³-hybridized carbons (Fsp3) is 0.318. The number of anilines is 2. The summed E-state index contributed by atoms with van der Waals surface area (Å²) in [5, 5.41) is 4.36. The molecule has 1 aliphatic carbocycles. The summed E-state index contributed by atoms with van der Waals surface area (Å²) in [6.45, 7) is 0.459. The SMILES string of the molecule is CC(C)(C(=O)Nc1ccc(-c2cncc(OC(F)F)c2)cc1)c1csc(NS(=O)(=O)C2CC2)n1. The number of rotatable bonds is 9. The van der Waals surface area contributed by atoms with E-state index < -0.39 is 22.0 Å². The third-order valence-corrected chi connectivity index (χ3v) is 8.03. The van der Waals surface area contributed by atoms with Gasteiger partial charge >= 0.3 is 6.61 Å². The van der Waals surface area contributed by atoms with Crippen LogP contribution in [0.5, 0.6) is 5.75 Å². The van der Waals surface area contributed by atoms with E-state index in [9.17, 15) is 22.0 Å². The second-order valence-corrected chi connectivity index (χ2v) is 11.1. The molecule has 0 atom stereocenters. The molecule has 1 aromatic carbocycles. The number of ether oxygens (including phenoxy) is 1. The smallest absolute Gasteiger partial charge is 0.387 e. The molecule has 12 heteroatoms. The molecule has 0 unspecified atom stereocenters. The molecule has 4 rings (SSSR count). The zero-order chi connectivity index (χ0) is 24.5. The van der Waals surface area contributed by atoms with Crippen molar-refractivity contribution in [3.05, 3.63) is 53.8 Å². The lowest BCUT2D eigenvalue weighted by atomic mass is 9.89. The van der Waals surface area contributed by atoms with Crippen LogP contribution >= 0.6 is 11.3 Å². The molecule has 8 nitrogen and oxygen atoms in total. The second-order valence-electron chi connectivity index (χ2n) is 8.33.